The van der Waals surface area contributed by atoms with Gasteiger partial charge in [-0.05, 0) is 44.7 Å². The van der Waals surface area contributed by atoms with Crippen LogP contribution in [0.25, 0.3) is 0 Å². The molecule has 0 fully saturated rings. The Morgan fingerprint density at radius 1 is 1.15 bits per heavy atom. The molecule has 1 rings (SSSR count). The highest BCUT2D eigenvalue weighted by Crippen LogP contribution is 2.15. The molecule has 1 unspecified atom stereocenters. The van der Waals surface area contributed by atoms with Gasteiger partial charge in [0.2, 0.25) is 0 Å². The number of allylic oxidation sites excluding steroid dienone is 2. The molecule has 20 heavy (non-hydrogen) atoms. The Kier molecular flexibility index (Phi) is 7.71. The topological polar surface area (TPSA) is 20.3 Å². The minimum atomic E-state index is 0.152. The number of hydrogen-bond acceptors (Lipinski definition) is 1. The maximum absolute atomic E-state index is 12.6. The van der Waals surface area contributed by atoms with Gasteiger partial charge >= 0.3 is 0 Å². The average Bonchev–Trinajstić information content (AvgIpc) is 2.50. The highest BCUT2D eigenvalue weighted by Gasteiger charge is 2.21. The van der Waals surface area contributed by atoms with E-state index >= 15 is 0 Å². The summed E-state index contributed by atoms with van der Waals surface area (Å²) in [7, 11) is 0. The minimum absolute atomic E-state index is 0.152. The van der Waals surface area contributed by atoms with Gasteiger partial charge in [-0.2, -0.15) is 0 Å². The molecule has 1 aromatic carbocycles. The van der Waals surface area contributed by atoms with Crippen molar-refractivity contribution in [1.29, 1.82) is 0 Å². The van der Waals surface area contributed by atoms with Crippen molar-refractivity contribution in [3.05, 3.63) is 48.0 Å². The molecule has 2 nitrogen and oxygen atoms in total. The quantitative estimate of drug-likeness (QED) is 0.630. The second-order valence-corrected chi connectivity index (χ2v) is 4.98. The smallest absolute Gasteiger partial charge is 0.254 e. The van der Waals surface area contributed by atoms with Crippen molar-refractivity contribution in [3.63, 3.8) is 0 Å². The Morgan fingerprint density at radius 3 is 2.40 bits per heavy atom. The minimum Gasteiger partial charge on any atom is -0.336 e. The Balaban J connectivity index is 2.71. The molecule has 1 amide bonds. The van der Waals surface area contributed by atoms with E-state index in [-0.39, 0.29) is 5.91 Å². The second kappa shape index (κ2) is 9.35. The Hall–Kier alpha value is -1.57. The molecule has 0 N–H and O–H groups in total. The van der Waals surface area contributed by atoms with Crippen molar-refractivity contribution in [2.24, 2.45) is 0 Å². The number of nitrogens with zero attached hydrogens (tertiary/aromatic N) is 1. The SMILES string of the molecule is CCC=CCCC(CC)N(CC)C(=O)c1ccccc1. The molecule has 0 aliphatic rings. The normalized spacial score (nSPS) is 12.6. The molecule has 0 saturated carbocycles. The summed E-state index contributed by atoms with van der Waals surface area (Å²) in [6.45, 7) is 7.13. The van der Waals surface area contributed by atoms with Gasteiger partial charge in [0.1, 0.15) is 0 Å². The van der Waals surface area contributed by atoms with Gasteiger partial charge in [0.05, 0.1) is 0 Å². The highest BCUT2D eigenvalue weighted by molar-refractivity contribution is 5.94. The van der Waals surface area contributed by atoms with Crippen molar-refractivity contribution in [2.45, 2.75) is 52.5 Å². The molecule has 0 radical (unpaired) electrons. The first-order chi connectivity index (χ1) is 9.74. The fourth-order valence-corrected chi connectivity index (χ4v) is 2.47. The molecule has 0 aliphatic heterocycles. The van der Waals surface area contributed by atoms with E-state index in [4.69, 9.17) is 0 Å². The number of rotatable bonds is 8. The maximum Gasteiger partial charge on any atom is 0.254 e. The zero-order chi connectivity index (χ0) is 14.8. The summed E-state index contributed by atoms with van der Waals surface area (Å²) in [5.41, 5.74) is 0.789. The average molecular weight is 273 g/mol. The molecule has 2 heteroatoms. The van der Waals surface area contributed by atoms with Crippen molar-refractivity contribution in [3.8, 4) is 0 Å². The number of carbonyl (C=O) groups is 1. The largest absolute Gasteiger partial charge is 0.336 e. The fourth-order valence-electron chi connectivity index (χ4n) is 2.47. The van der Waals surface area contributed by atoms with Gasteiger partial charge in [-0.1, -0.05) is 44.2 Å². The van der Waals surface area contributed by atoms with Crippen LogP contribution in [0, 0.1) is 0 Å². The van der Waals surface area contributed by atoms with E-state index < -0.39 is 0 Å². The van der Waals surface area contributed by atoms with E-state index in [0.717, 1.165) is 37.8 Å². The van der Waals surface area contributed by atoms with Crippen LogP contribution < -0.4 is 0 Å². The first-order valence-electron chi connectivity index (χ1n) is 7.75. The molecule has 1 aromatic rings. The number of benzene rings is 1. The Morgan fingerprint density at radius 2 is 1.85 bits per heavy atom. The summed E-state index contributed by atoms with van der Waals surface area (Å²) < 4.78 is 0. The van der Waals surface area contributed by atoms with Crippen LogP contribution in [0.15, 0.2) is 42.5 Å². The van der Waals surface area contributed by atoms with Gasteiger partial charge in [0, 0.05) is 18.2 Å². The molecule has 110 valence electrons. The molecule has 0 aromatic heterocycles. The summed E-state index contributed by atoms with van der Waals surface area (Å²) in [4.78, 5) is 14.6. The van der Waals surface area contributed by atoms with E-state index in [1.54, 1.807) is 0 Å². The molecule has 1 atom stereocenters. The summed E-state index contributed by atoms with van der Waals surface area (Å²) in [5.74, 6) is 0.152. The molecule has 0 heterocycles. The highest BCUT2D eigenvalue weighted by atomic mass is 16.2. The molecule has 0 bridgehead atoms. The van der Waals surface area contributed by atoms with Crippen LogP contribution in [-0.4, -0.2) is 23.4 Å². The predicted molar refractivity (Wildman–Crippen MR) is 85.9 cm³/mol. The van der Waals surface area contributed by atoms with Gasteiger partial charge in [-0.15, -0.1) is 0 Å². The fraction of sp³-hybridized carbons (Fsp3) is 0.500. The van der Waals surface area contributed by atoms with E-state index in [1.165, 1.54) is 0 Å². The van der Waals surface area contributed by atoms with Crippen LogP contribution in [0.2, 0.25) is 0 Å². The molecule has 0 spiro atoms. The van der Waals surface area contributed by atoms with Gasteiger partial charge in [-0.3, -0.25) is 4.79 Å². The summed E-state index contributed by atoms with van der Waals surface area (Å²) >= 11 is 0. The summed E-state index contributed by atoms with van der Waals surface area (Å²) in [5, 5.41) is 0. The third-order valence-corrected chi connectivity index (χ3v) is 3.60. The van der Waals surface area contributed by atoms with Crippen LogP contribution in [0.1, 0.15) is 56.8 Å². The third kappa shape index (κ3) is 4.84. The lowest BCUT2D eigenvalue weighted by Crippen LogP contribution is -2.39. The zero-order valence-electron chi connectivity index (χ0n) is 13.0. The van der Waals surface area contributed by atoms with E-state index in [1.807, 2.05) is 35.2 Å². The van der Waals surface area contributed by atoms with Crippen LogP contribution >= 0.6 is 0 Å². The first kappa shape index (κ1) is 16.5. The number of carbonyl (C=O) groups excluding carboxylic acids is 1. The Bertz CT molecular complexity index is 411. The number of hydrogen-bond donors (Lipinski definition) is 0. The first-order valence-corrected chi connectivity index (χ1v) is 7.75. The summed E-state index contributed by atoms with van der Waals surface area (Å²) in [6, 6.07) is 9.91. The van der Waals surface area contributed by atoms with Crippen molar-refractivity contribution in [1.82, 2.24) is 4.90 Å². The van der Waals surface area contributed by atoms with Crippen molar-refractivity contribution < 1.29 is 4.79 Å². The number of amides is 1. The second-order valence-electron chi connectivity index (χ2n) is 4.98. The summed E-state index contributed by atoms with van der Waals surface area (Å²) in [6.07, 6.45) is 8.60. The standard InChI is InChI=1S/C18H27NO/c1-4-7-8-12-15-17(5-2)19(6-3)18(20)16-13-10-9-11-14-16/h7-11,13-14,17H,4-6,12,15H2,1-3H3. The van der Waals surface area contributed by atoms with Crippen LogP contribution in [0.5, 0.6) is 0 Å². The molecular formula is C18H27NO. The van der Waals surface area contributed by atoms with Crippen LogP contribution in [0.4, 0.5) is 0 Å². The maximum atomic E-state index is 12.6. The lowest BCUT2D eigenvalue weighted by Gasteiger charge is -2.30. The molecular weight excluding hydrogens is 246 g/mol. The lowest BCUT2D eigenvalue weighted by atomic mass is 10.0. The third-order valence-electron chi connectivity index (χ3n) is 3.60. The predicted octanol–water partition coefficient (Wildman–Crippen LogP) is 4.67. The van der Waals surface area contributed by atoms with Crippen LogP contribution in [0.3, 0.4) is 0 Å². The Labute approximate surface area is 123 Å². The lowest BCUT2D eigenvalue weighted by molar-refractivity contribution is 0.0676. The zero-order valence-corrected chi connectivity index (χ0v) is 13.0. The van der Waals surface area contributed by atoms with Gasteiger partial charge in [0.15, 0.2) is 0 Å². The van der Waals surface area contributed by atoms with Gasteiger partial charge in [0.25, 0.3) is 5.91 Å². The van der Waals surface area contributed by atoms with E-state index in [2.05, 4.69) is 32.9 Å². The monoisotopic (exact) mass is 273 g/mol. The van der Waals surface area contributed by atoms with Crippen LogP contribution in [-0.2, 0) is 0 Å². The molecule has 0 aliphatic carbocycles. The van der Waals surface area contributed by atoms with E-state index in [0.29, 0.717) is 6.04 Å². The van der Waals surface area contributed by atoms with Crippen molar-refractivity contribution >= 4 is 5.91 Å². The van der Waals surface area contributed by atoms with Gasteiger partial charge < -0.3 is 4.90 Å². The van der Waals surface area contributed by atoms with Gasteiger partial charge in [-0.25, -0.2) is 0 Å². The molecule has 0 saturated heterocycles. The van der Waals surface area contributed by atoms with Crippen molar-refractivity contribution in [2.75, 3.05) is 6.54 Å². The van der Waals surface area contributed by atoms with E-state index in [9.17, 15) is 4.79 Å².